The molecule has 0 fully saturated rings. The number of thiazole rings is 1. The van der Waals surface area contributed by atoms with Gasteiger partial charge in [0.2, 0.25) is 5.91 Å². The van der Waals surface area contributed by atoms with E-state index in [2.05, 4.69) is 4.98 Å². The monoisotopic (exact) mass is 404 g/mol. The zero-order chi connectivity index (χ0) is 19.2. The van der Waals surface area contributed by atoms with E-state index in [0.717, 1.165) is 10.6 Å². The van der Waals surface area contributed by atoms with E-state index in [-0.39, 0.29) is 24.7 Å². The number of nitrogens with zero attached hydrogens (tertiary/aromatic N) is 2. The first-order chi connectivity index (χ1) is 13.0. The SMILES string of the molecule is CN(CCOc1ccccc1F)C(=O)Cc1csc(-c2ccccc2Cl)n1. The van der Waals surface area contributed by atoms with Crippen molar-refractivity contribution in [2.45, 2.75) is 6.42 Å². The average Bonchev–Trinajstić information content (AvgIpc) is 3.11. The highest BCUT2D eigenvalue weighted by atomic mass is 35.5. The maximum Gasteiger partial charge on any atom is 0.228 e. The van der Waals surface area contributed by atoms with Gasteiger partial charge >= 0.3 is 0 Å². The molecule has 0 N–H and O–H groups in total. The fraction of sp³-hybridized carbons (Fsp3) is 0.200. The maximum atomic E-state index is 13.5. The number of hydrogen-bond acceptors (Lipinski definition) is 4. The van der Waals surface area contributed by atoms with Crippen LogP contribution in [0.3, 0.4) is 0 Å². The summed E-state index contributed by atoms with van der Waals surface area (Å²) in [6, 6.07) is 13.7. The van der Waals surface area contributed by atoms with Crippen molar-refractivity contribution in [3.05, 3.63) is 70.4 Å². The Labute approximate surface area is 166 Å². The second-order valence-corrected chi connectivity index (χ2v) is 7.16. The molecule has 1 aromatic heterocycles. The molecule has 0 aliphatic heterocycles. The lowest BCUT2D eigenvalue weighted by atomic mass is 10.2. The largest absolute Gasteiger partial charge is 0.489 e. The van der Waals surface area contributed by atoms with E-state index in [1.807, 2.05) is 29.6 Å². The van der Waals surface area contributed by atoms with E-state index in [0.29, 0.717) is 17.3 Å². The van der Waals surface area contributed by atoms with Crippen molar-refractivity contribution in [2.75, 3.05) is 20.2 Å². The second kappa shape index (κ2) is 8.97. The van der Waals surface area contributed by atoms with Gasteiger partial charge in [-0.15, -0.1) is 11.3 Å². The Bertz CT molecular complexity index is 932. The van der Waals surface area contributed by atoms with Gasteiger partial charge in [-0.1, -0.05) is 41.9 Å². The van der Waals surface area contributed by atoms with Gasteiger partial charge in [-0.3, -0.25) is 4.79 Å². The molecule has 3 rings (SSSR count). The Morgan fingerprint density at radius 1 is 1.22 bits per heavy atom. The molecule has 0 aliphatic rings. The number of aromatic nitrogens is 1. The Morgan fingerprint density at radius 2 is 1.96 bits per heavy atom. The van der Waals surface area contributed by atoms with Crippen molar-refractivity contribution in [1.82, 2.24) is 9.88 Å². The molecule has 0 aliphatic carbocycles. The van der Waals surface area contributed by atoms with Crippen LogP contribution < -0.4 is 4.74 Å². The minimum Gasteiger partial charge on any atom is -0.489 e. The van der Waals surface area contributed by atoms with Gasteiger partial charge in [0.15, 0.2) is 11.6 Å². The summed E-state index contributed by atoms with van der Waals surface area (Å²) in [6.45, 7) is 0.569. The number of ether oxygens (including phenoxy) is 1. The van der Waals surface area contributed by atoms with Crippen LogP contribution in [0.1, 0.15) is 5.69 Å². The third-order valence-electron chi connectivity index (χ3n) is 3.94. The van der Waals surface area contributed by atoms with Gasteiger partial charge in [-0.2, -0.15) is 0 Å². The number of rotatable bonds is 7. The van der Waals surface area contributed by atoms with Crippen LogP contribution in [0.25, 0.3) is 10.6 Å². The minimum absolute atomic E-state index is 0.0804. The van der Waals surface area contributed by atoms with Crippen molar-refractivity contribution < 1.29 is 13.9 Å². The molecule has 7 heteroatoms. The van der Waals surface area contributed by atoms with Gasteiger partial charge in [-0.05, 0) is 18.2 Å². The maximum absolute atomic E-state index is 13.5. The highest BCUT2D eigenvalue weighted by molar-refractivity contribution is 7.13. The zero-order valence-corrected chi connectivity index (χ0v) is 16.3. The predicted molar refractivity (Wildman–Crippen MR) is 106 cm³/mol. The normalized spacial score (nSPS) is 10.6. The third-order valence-corrected chi connectivity index (χ3v) is 5.19. The number of likely N-dealkylation sites (N-methyl/N-ethyl adjacent to an activating group) is 1. The van der Waals surface area contributed by atoms with Gasteiger partial charge in [-0.25, -0.2) is 9.37 Å². The Hall–Kier alpha value is -2.44. The third kappa shape index (κ3) is 5.05. The fourth-order valence-corrected chi connectivity index (χ4v) is 3.56. The Morgan fingerprint density at radius 3 is 2.74 bits per heavy atom. The standard InChI is InChI=1S/C20H18ClFN2O2S/c1-24(10-11-26-18-9-5-4-8-17(18)22)19(25)12-14-13-27-20(23-14)15-6-2-3-7-16(15)21/h2-9,13H,10-12H2,1H3. The molecule has 0 saturated carbocycles. The van der Waals surface area contributed by atoms with Crippen LogP contribution in [-0.2, 0) is 11.2 Å². The number of halogens is 2. The molecule has 3 aromatic rings. The summed E-state index contributed by atoms with van der Waals surface area (Å²) in [5.74, 6) is -0.313. The van der Waals surface area contributed by atoms with Crippen LogP contribution in [0, 0.1) is 5.82 Å². The van der Waals surface area contributed by atoms with Crippen molar-refractivity contribution >= 4 is 28.8 Å². The van der Waals surface area contributed by atoms with Crippen LogP contribution in [0.4, 0.5) is 4.39 Å². The highest BCUT2D eigenvalue weighted by Gasteiger charge is 2.14. The lowest BCUT2D eigenvalue weighted by Crippen LogP contribution is -2.32. The number of carbonyl (C=O) groups is 1. The van der Waals surface area contributed by atoms with Crippen LogP contribution in [-0.4, -0.2) is 36.0 Å². The number of carbonyl (C=O) groups excluding carboxylic acids is 1. The average molecular weight is 405 g/mol. The molecular formula is C20H18ClFN2O2S. The number of amides is 1. The molecular weight excluding hydrogens is 387 g/mol. The molecule has 0 spiro atoms. The van der Waals surface area contributed by atoms with E-state index in [4.69, 9.17) is 16.3 Å². The van der Waals surface area contributed by atoms with Gasteiger partial charge in [0.05, 0.1) is 23.7 Å². The summed E-state index contributed by atoms with van der Waals surface area (Å²) >= 11 is 7.65. The smallest absolute Gasteiger partial charge is 0.228 e. The molecule has 27 heavy (non-hydrogen) atoms. The summed E-state index contributed by atoms with van der Waals surface area (Å²) in [6.07, 6.45) is 0.192. The molecule has 0 bridgehead atoms. The molecule has 1 amide bonds. The molecule has 4 nitrogen and oxygen atoms in total. The zero-order valence-electron chi connectivity index (χ0n) is 14.7. The quantitative estimate of drug-likeness (QED) is 0.574. The van der Waals surface area contributed by atoms with Crippen molar-refractivity contribution in [1.29, 1.82) is 0 Å². The molecule has 0 unspecified atom stereocenters. The summed E-state index contributed by atoms with van der Waals surface area (Å²) in [7, 11) is 1.69. The van der Waals surface area contributed by atoms with E-state index in [9.17, 15) is 9.18 Å². The van der Waals surface area contributed by atoms with Crippen molar-refractivity contribution in [2.24, 2.45) is 0 Å². The Balaban J connectivity index is 1.53. The van der Waals surface area contributed by atoms with Crippen molar-refractivity contribution in [3.63, 3.8) is 0 Å². The molecule has 0 radical (unpaired) electrons. The second-order valence-electron chi connectivity index (χ2n) is 5.89. The molecule has 0 saturated heterocycles. The first-order valence-corrected chi connectivity index (χ1v) is 9.61. The lowest BCUT2D eigenvalue weighted by molar-refractivity contribution is -0.129. The minimum atomic E-state index is -0.416. The fourth-order valence-electron chi connectivity index (χ4n) is 2.42. The number of para-hydroxylation sites is 1. The first-order valence-electron chi connectivity index (χ1n) is 8.35. The van der Waals surface area contributed by atoms with E-state index >= 15 is 0 Å². The van der Waals surface area contributed by atoms with Crippen LogP contribution >= 0.6 is 22.9 Å². The van der Waals surface area contributed by atoms with E-state index in [1.54, 1.807) is 30.1 Å². The van der Waals surface area contributed by atoms with Crippen molar-refractivity contribution in [3.8, 4) is 16.3 Å². The lowest BCUT2D eigenvalue weighted by Gasteiger charge is -2.17. The number of benzene rings is 2. The first kappa shape index (κ1) is 19.3. The summed E-state index contributed by atoms with van der Waals surface area (Å²) in [5.41, 5.74) is 1.55. The highest BCUT2D eigenvalue weighted by Crippen LogP contribution is 2.30. The Kier molecular flexibility index (Phi) is 6.42. The van der Waals surface area contributed by atoms with E-state index < -0.39 is 5.82 Å². The molecule has 0 atom stereocenters. The number of hydrogen-bond donors (Lipinski definition) is 0. The van der Waals surface area contributed by atoms with E-state index in [1.165, 1.54) is 17.4 Å². The molecule has 2 aromatic carbocycles. The van der Waals surface area contributed by atoms with Gasteiger partial charge in [0.25, 0.3) is 0 Å². The predicted octanol–water partition coefficient (Wildman–Crippen LogP) is 4.68. The topological polar surface area (TPSA) is 42.4 Å². The summed E-state index contributed by atoms with van der Waals surface area (Å²) < 4.78 is 18.9. The van der Waals surface area contributed by atoms with Gasteiger partial charge < -0.3 is 9.64 Å². The summed E-state index contributed by atoms with van der Waals surface area (Å²) in [4.78, 5) is 18.4. The summed E-state index contributed by atoms with van der Waals surface area (Å²) in [5, 5.41) is 3.28. The van der Waals surface area contributed by atoms with Crippen LogP contribution in [0.5, 0.6) is 5.75 Å². The van der Waals surface area contributed by atoms with Crippen LogP contribution in [0.15, 0.2) is 53.9 Å². The van der Waals surface area contributed by atoms with Gasteiger partial charge in [0.1, 0.15) is 11.6 Å². The molecule has 140 valence electrons. The van der Waals surface area contributed by atoms with Gasteiger partial charge in [0, 0.05) is 18.0 Å². The molecule has 1 heterocycles. The van der Waals surface area contributed by atoms with Crippen LogP contribution in [0.2, 0.25) is 5.02 Å².